The first kappa shape index (κ1) is 24.9. The number of rotatable bonds is 0. The van der Waals surface area contributed by atoms with Gasteiger partial charge in [-0.25, -0.2) is 0 Å². The number of fused-ring (bicyclic) bond motifs is 2. The normalized spacial score (nSPS) is 26.2. The monoisotopic (exact) mass is 430 g/mol. The molecule has 0 N–H and O–H groups in total. The fourth-order valence-corrected chi connectivity index (χ4v) is 2.63. The third kappa shape index (κ3) is 11.5. The van der Waals surface area contributed by atoms with Gasteiger partial charge in [0, 0.05) is 0 Å². The van der Waals surface area contributed by atoms with Crippen molar-refractivity contribution >= 4 is 11.6 Å². The van der Waals surface area contributed by atoms with Crippen LogP contribution in [-0.2, 0) is 9.59 Å². The Kier molecular flexibility index (Phi) is 11.0. The lowest BCUT2D eigenvalue weighted by atomic mass is 10.0. The molecule has 0 aliphatic heterocycles. The lowest BCUT2D eigenvalue weighted by Crippen LogP contribution is -1.84. The smallest absolute Gasteiger partial charge is 0.178 e. The van der Waals surface area contributed by atoms with Crippen molar-refractivity contribution < 1.29 is 9.59 Å². The third-order valence-corrected chi connectivity index (χ3v) is 4.30. The van der Waals surface area contributed by atoms with Crippen molar-refractivity contribution in [2.75, 3.05) is 0 Å². The van der Waals surface area contributed by atoms with E-state index in [-0.39, 0.29) is 11.6 Å². The van der Waals surface area contributed by atoms with Crippen LogP contribution in [0.5, 0.6) is 0 Å². The molecule has 2 aliphatic carbocycles. The molecule has 2 rings (SSSR count). The lowest BCUT2D eigenvalue weighted by molar-refractivity contribution is -0.111. The van der Waals surface area contributed by atoms with Gasteiger partial charge in [-0.1, -0.05) is 96.9 Å². The standard InChI is InChI=1S/C31H26O2/c1-26-13-3-4-14-27(2)16-12-24-31(33)22-10-8-20-29-18-6-5-17-28(25-29)19-7-9-21-30(32)23-11-15-26/h5-12,15-24H,25H2,1-2H3/b19-7+,20-8+,21-9+,22-10+,23-11+,24-12+,26-15-,27-16-. The fourth-order valence-electron chi connectivity index (χ4n) is 2.63. The first-order valence-corrected chi connectivity index (χ1v) is 10.6. The molecule has 0 radical (unpaired) electrons. The van der Waals surface area contributed by atoms with Gasteiger partial charge in [-0.3, -0.25) is 9.59 Å². The minimum atomic E-state index is -0.101. The van der Waals surface area contributed by atoms with E-state index in [4.69, 9.17) is 0 Å². The van der Waals surface area contributed by atoms with Crippen LogP contribution in [0.15, 0.2) is 132 Å². The Labute approximate surface area is 196 Å². The molecule has 0 atom stereocenters. The fraction of sp³-hybridized carbons (Fsp3) is 0.0968. The number of hydrogen-bond donors (Lipinski definition) is 0. The van der Waals surface area contributed by atoms with E-state index in [0.29, 0.717) is 0 Å². The van der Waals surface area contributed by atoms with Gasteiger partial charge in [-0.2, -0.15) is 0 Å². The highest BCUT2D eigenvalue weighted by atomic mass is 16.1. The Morgan fingerprint density at radius 1 is 0.515 bits per heavy atom. The van der Waals surface area contributed by atoms with E-state index in [2.05, 4.69) is 23.7 Å². The van der Waals surface area contributed by atoms with Crippen LogP contribution in [0.1, 0.15) is 20.3 Å². The van der Waals surface area contributed by atoms with Crippen LogP contribution >= 0.6 is 0 Å². The molecule has 33 heavy (non-hydrogen) atoms. The lowest BCUT2D eigenvalue weighted by Gasteiger charge is -2.00. The summed E-state index contributed by atoms with van der Waals surface area (Å²) >= 11 is 0. The molecule has 0 saturated carbocycles. The van der Waals surface area contributed by atoms with Crippen molar-refractivity contribution in [3.8, 4) is 23.7 Å². The summed E-state index contributed by atoms with van der Waals surface area (Å²) in [6.45, 7) is 3.71. The van der Waals surface area contributed by atoms with E-state index >= 15 is 0 Å². The van der Waals surface area contributed by atoms with Crippen LogP contribution in [-0.4, -0.2) is 11.6 Å². The molecular weight excluding hydrogens is 404 g/mol. The van der Waals surface area contributed by atoms with Gasteiger partial charge in [0.1, 0.15) is 0 Å². The summed E-state index contributed by atoms with van der Waals surface area (Å²) in [5.41, 5.74) is 3.82. The van der Waals surface area contributed by atoms with Crippen LogP contribution in [0.3, 0.4) is 0 Å². The molecule has 0 saturated heterocycles. The van der Waals surface area contributed by atoms with E-state index < -0.39 is 0 Å². The van der Waals surface area contributed by atoms with Gasteiger partial charge in [-0.15, -0.1) is 0 Å². The molecule has 162 valence electrons. The van der Waals surface area contributed by atoms with Crippen LogP contribution in [0.4, 0.5) is 0 Å². The molecule has 0 aromatic carbocycles. The molecule has 2 nitrogen and oxygen atoms in total. The SMILES string of the molecule is C/C1=C/C=C/C(=O)/C=C/C=C/C2=CC=CC=C(/C=C/C=C/C(=O)/C=C/C=C(/C)C#CC#C1)C2. The summed E-state index contributed by atoms with van der Waals surface area (Å²) in [5.74, 6) is 11.2. The zero-order valence-electron chi connectivity index (χ0n) is 18.9. The molecule has 2 aliphatic rings. The summed E-state index contributed by atoms with van der Waals surface area (Å²) in [6.07, 6.45) is 32.8. The zero-order chi connectivity index (χ0) is 23.7. The second-order valence-corrected chi connectivity index (χ2v) is 7.20. The van der Waals surface area contributed by atoms with Crippen LogP contribution in [0, 0.1) is 23.7 Å². The number of carbonyl (C=O) groups excluding carboxylic acids is 2. The van der Waals surface area contributed by atoms with E-state index in [1.54, 1.807) is 36.5 Å². The van der Waals surface area contributed by atoms with Crippen molar-refractivity contribution in [2.45, 2.75) is 20.3 Å². The molecule has 2 bridgehead atoms. The van der Waals surface area contributed by atoms with E-state index in [1.807, 2.05) is 62.5 Å². The Morgan fingerprint density at radius 3 is 1.36 bits per heavy atom. The molecule has 2 heteroatoms. The molecule has 0 heterocycles. The zero-order valence-corrected chi connectivity index (χ0v) is 18.9. The maximum Gasteiger partial charge on any atom is 0.178 e. The van der Waals surface area contributed by atoms with E-state index in [9.17, 15) is 9.59 Å². The quantitative estimate of drug-likeness (QED) is 0.430. The predicted molar refractivity (Wildman–Crippen MR) is 138 cm³/mol. The average Bonchev–Trinajstić information content (AvgIpc) is 3.02. The second-order valence-electron chi connectivity index (χ2n) is 7.20. The van der Waals surface area contributed by atoms with Crippen molar-refractivity contribution in [3.63, 3.8) is 0 Å². The Hall–Kier alpha value is -4.40. The van der Waals surface area contributed by atoms with Crippen molar-refractivity contribution in [3.05, 3.63) is 132 Å². The van der Waals surface area contributed by atoms with Crippen molar-refractivity contribution in [1.82, 2.24) is 0 Å². The summed E-state index contributed by atoms with van der Waals surface area (Å²) in [4.78, 5) is 23.9. The van der Waals surface area contributed by atoms with Gasteiger partial charge >= 0.3 is 0 Å². The Balaban J connectivity index is 2.26. The minimum Gasteiger partial charge on any atom is -0.290 e. The highest BCUT2D eigenvalue weighted by Crippen LogP contribution is 2.17. The van der Waals surface area contributed by atoms with Gasteiger partial charge in [0.2, 0.25) is 0 Å². The van der Waals surface area contributed by atoms with Crippen molar-refractivity contribution in [1.29, 1.82) is 0 Å². The summed E-state index contributed by atoms with van der Waals surface area (Å²) in [6, 6.07) is 0. The van der Waals surface area contributed by atoms with Crippen LogP contribution in [0.2, 0.25) is 0 Å². The predicted octanol–water partition coefficient (Wildman–Crippen LogP) is 6.19. The molecule has 0 spiro atoms. The maximum absolute atomic E-state index is 12.0. The van der Waals surface area contributed by atoms with Gasteiger partial charge in [-0.05, 0) is 78.7 Å². The number of carbonyl (C=O) groups is 2. The number of ketones is 2. The summed E-state index contributed by atoms with van der Waals surface area (Å²) in [5, 5.41) is 0. The van der Waals surface area contributed by atoms with E-state index in [0.717, 1.165) is 28.7 Å². The van der Waals surface area contributed by atoms with Gasteiger partial charge in [0.15, 0.2) is 11.6 Å². The molecule has 0 aromatic rings. The first-order valence-electron chi connectivity index (χ1n) is 10.6. The highest BCUT2D eigenvalue weighted by molar-refractivity contribution is 6.00. The molecule has 0 amide bonds. The molecule has 0 aromatic heterocycles. The molecule has 0 fully saturated rings. The Morgan fingerprint density at radius 2 is 0.909 bits per heavy atom. The first-order chi connectivity index (χ1) is 16.0. The van der Waals surface area contributed by atoms with Crippen molar-refractivity contribution in [2.24, 2.45) is 0 Å². The minimum absolute atomic E-state index is 0.101. The second kappa shape index (κ2) is 14.6. The third-order valence-electron chi connectivity index (χ3n) is 4.30. The highest BCUT2D eigenvalue weighted by Gasteiger charge is 1.98. The van der Waals surface area contributed by atoms with Crippen LogP contribution in [0.25, 0.3) is 0 Å². The average molecular weight is 431 g/mol. The van der Waals surface area contributed by atoms with Gasteiger partial charge in [0.25, 0.3) is 0 Å². The number of allylic oxidation sites excluding steroid dienone is 22. The van der Waals surface area contributed by atoms with Gasteiger partial charge < -0.3 is 0 Å². The topological polar surface area (TPSA) is 34.1 Å². The maximum atomic E-state index is 12.0. The summed E-state index contributed by atoms with van der Waals surface area (Å²) in [7, 11) is 0. The Bertz CT molecular complexity index is 1120. The molecule has 0 unspecified atom stereocenters. The van der Waals surface area contributed by atoms with Crippen LogP contribution < -0.4 is 0 Å². The summed E-state index contributed by atoms with van der Waals surface area (Å²) < 4.78 is 0. The van der Waals surface area contributed by atoms with Gasteiger partial charge in [0.05, 0.1) is 0 Å². The molecular formula is C31H26O2. The number of hydrogen-bond acceptors (Lipinski definition) is 2. The van der Waals surface area contributed by atoms with E-state index in [1.165, 1.54) is 24.3 Å². The largest absolute Gasteiger partial charge is 0.290 e.